The van der Waals surface area contributed by atoms with Gasteiger partial charge in [-0.05, 0) is 170 Å². The van der Waals surface area contributed by atoms with Crippen LogP contribution in [0.1, 0.15) is 65.0 Å². The number of likely N-dealkylation sites (tertiary alicyclic amines) is 1. The van der Waals surface area contributed by atoms with E-state index < -0.39 is 18.1 Å². The van der Waals surface area contributed by atoms with E-state index in [1.54, 1.807) is 89.1 Å². The second-order valence-corrected chi connectivity index (χ2v) is 32.8. The molecule has 0 bridgehead atoms. The number of thiophene rings is 3. The van der Waals surface area contributed by atoms with Crippen LogP contribution in [0.2, 0.25) is 0 Å². The molecule has 36 heteroatoms. The van der Waals surface area contributed by atoms with E-state index >= 15 is 0 Å². The van der Waals surface area contributed by atoms with Crippen molar-refractivity contribution in [1.82, 2.24) is 44.6 Å². The maximum absolute atomic E-state index is 13.5. The highest BCUT2D eigenvalue weighted by molar-refractivity contribution is 9.11. The highest BCUT2D eigenvalue weighted by Crippen LogP contribution is 2.50. The lowest BCUT2D eigenvalue weighted by atomic mass is 10.1. The first kappa shape index (κ1) is 79.0. The number of hydrogen-bond donors (Lipinski definition) is 6. The zero-order chi connectivity index (χ0) is 80.3. The summed E-state index contributed by atoms with van der Waals surface area (Å²) in [7, 11) is 6.34. The van der Waals surface area contributed by atoms with Gasteiger partial charge in [0.1, 0.15) is 71.1 Å². The second-order valence-electron chi connectivity index (χ2n) is 27.2. The standard InChI is InChI=1S/C27H25BrN6O5S.C27H25BrN6O3S.C26H23BrN6O4S/c1-37-19-6-5-17(12-18(19)28)34-24-21-22(32-27(34)36)23(40-26(21)30-14-29-24)25(35)31-16-4-3-15(20(11-16)38-2)13-33-7-9-39-10-8-33;1-37-20-10-9-18(13-19(20)28)34-24-21-22(32-27(34)36)23(38-26(21)30-15-29-24)25(35)31-17-7-5-16(6-8-17)14-33-11-3-2-4-12-33;1-36-19-7-6-17(12-18(19)27)33-23-20-21(31-26(33)35)22(38-25(20)29-14-28-23)24(34)30-16-4-2-15(3-5-16)13-32-8-10-37-11-9-32/h3-6,11-12,14H,7-10,13H2,1-2H3,(H,31,35)(H,32,36);5-10,13,15H,2-4,11-12,14H2,1H3,(H,31,35)(H,32,36);2-7,12,14H,8-11,13H2,1H3,(H,30,34)(H,31,35). The number of piperidine rings is 1. The Morgan fingerprint density at radius 3 is 1.09 bits per heavy atom. The quantitative estimate of drug-likeness (QED) is 0.0438. The minimum atomic E-state index is -0.439. The molecule has 0 radical (unpaired) electrons. The number of urea groups is 3. The van der Waals surface area contributed by atoms with Crippen LogP contribution in [-0.4, -0.2) is 175 Å². The number of ether oxygens (including phenoxy) is 6. The van der Waals surface area contributed by atoms with Crippen LogP contribution < -0.4 is 65.5 Å². The Bertz CT molecular complexity index is 5570. The van der Waals surface area contributed by atoms with Gasteiger partial charge in [-0.3, -0.25) is 29.1 Å². The molecule has 12 aromatic rings. The minimum absolute atomic E-state index is 0.307. The smallest absolute Gasteiger partial charge is 0.332 e. The molecular weight excluding hydrogens is 1740 g/mol. The number of rotatable bonds is 19. The summed E-state index contributed by atoms with van der Waals surface area (Å²) in [5.41, 5.74) is 8.35. The van der Waals surface area contributed by atoms with E-state index in [0.717, 1.165) is 77.7 Å². The van der Waals surface area contributed by atoms with E-state index in [2.05, 4.69) is 136 Å². The van der Waals surface area contributed by atoms with Crippen LogP contribution in [-0.2, 0) is 29.1 Å². The zero-order valence-electron chi connectivity index (χ0n) is 62.7. The number of morpholine rings is 2. The van der Waals surface area contributed by atoms with Crippen molar-refractivity contribution in [1.29, 1.82) is 0 Å². The molecule has 30 nitrogen and oxygen atoms in total. The summed E-state index contributed by atoms with van der Waals surface area (Å²) in [6, 6.07) is 36.0. The van der Waals surface area contributed by atoms with Gasteiger partial charge in [-0.15, -0.1) is 34.0 Å². The van der Waals surface area contributed by atoms with Crippen molar-refractivity contribution in [2.75, 3.05) is 141 Å². The summed E-state index contributed by atoms with van der Waals surface area (Å²) in [6.45, 7) is 11.2. The third kappa shape index (κ3) is 16.5. The first-order valence-electron chi connectivity index (χ1n) is 36.8. The van der Waals surface area contributed by atoms with Crippen LogP contribution in [0, 0.1) is 0 Å². The molecule has 0 saturated carbocycles. The Kier molecular flexibility index (Phi) is 23.7. The fourth-order valence-electron chi connectivity index (χ4n) is 14.3. The maximum atomic E-state index is 13.5. The summed E-state index contributed by atoms with van der Waals surface area (Å²) in [5, 5.41) is 19.4. The summed E-state index contributed by atoms with van der Waals surface area (Å²) in [4.78, 5) is 121. The monoisotopic (exact) mass is 1810 g/mol. The molecule has 0 spiro atoms. The van der Waals surface area contributed by atoms with Gasteiger partial charge in [0.15, 0.2) is 17.5 Å². The van der Waals surface area contributed by atoms with E-state index in [1.807, 2.05) is 48.5 Å². The van der Waals surface area contributed by atoms with Crippen LogP contribution in [0.4, 0.5) is 83.0 Å². The van der Waals surface area contributed by atoms with Crippen LogP contribution in [0.25, 0.3) is 30.6 Å². The van der Waals surface area contributed by atoms with Crippen molar-refractivity contribution in [3.05, 3.63) is 185 Å². The predicted octanol–water partition coefficient (Wildman–Crippen LogP) is 16.9. The Morgan fingerprint density at radius 2 is 0.741 bits per heavy atom. The van der Waals surface area contributed by atoms with Crippen molar-refractivity contribution < 1.29 is 57.2 Å². The molecule has 0 atom stereocenters. The fraction of sp³-hybridized carbons (Fsp3) is 0.250. The molecule has 0 aliphatic carbocycles. The normalized spacial score (nSPS) is 15.3. The second kappa shape index (κ2) is 34.9. The third-order valence-electron chi connectivity index (χ3n) is 20.0. The van der Waals surface area contributed by atoms with Crippen molar-refractivity contribution in [3.63, 3.8) is 0 Å². The predicted molar refractivity (Wildman–Crippen MR) is 459 cm³/mol. The van der Waals surface area contributed by atoms with Crippen LogP contribution in [0.3, 0.4) is 0 Å². The molecule has 6 aliphatic rings. The molecule has 6 aromatic carbocycles. The van der Waals surface area contributed by atoms with Crippen molar-refractivity contribution >= 4 is 217 Å². The number of aromatic nitrogens is 6. The van der Waals surface area contributed by atoms with E-state index in [9.17, 15) is 28.8 Å². The lowest BCUT2D eigenvalue weighted by Gasteiger charge is -2.27. The highest BCUT2D eigenvalue weighted by atomic mass is 79.9. The van der Waals surface area contributed by atoms with Gasteiger partial charge < -0.3 is 60.3 Å². The first-order valence-corrected chi connectivity index (χ1v) is 41.6. The lowest BCUT2D eigenvalue weighted by Crippen LogP contribution is -2.35. The number of hydrogen-bond acceptors (Lipinski definition) is 24. The Hall–Kier alpha value is -10.9. The van der Waals surface area contributed by atoms with Crippen LogP contribution in [0.15, 0.2) is 154 Å². The van der Waals surface area contributed by atoms with Crippen molar-refractivity contribution in [2.45, 2.75) is 38.9 Å². The van der Waals surface area contributed by atoms with Crippen molar-refractivity contribution in [3.8, 4) is 23.0 Å². The molecule has 9 amide bonds. The molecule has 12 heterocycles. The molecule has 594 valence electrons. The van der Waals surface area contributed by atoms with Gasteiger partial charge in [0.25, 0.3) is 17.7 Å². The van der Waals surface area contributed by atoms with E-state index in [-0.39, 0.29) is 17.7 Å². The number of benzene rings is 6. The molecule has 18 rings (SSSR count). The number of nitrogens with one attached hydrogen (secondary N) is 6. The number of amides is 9. The molecule has 6 aromatic heterocycles. The van der Waals surface area contributed by atoms with Gasteiger partial charge in [-0.2, -0.15) is 0 Å². The van der Waals surface area contributed by atoms with Gasteiger partial charge >= 0.3 is 18.1 Å². The van der Waals surface area contributed by atoms with Gasteiger partial charge in [-0.25, -0.2) is 59.0 Å². The summed E-state index contributed by atoms with van der Waals surface area (Å²) < 4.78 is 34.5. The molecule has 0 unspecified atom stereocenters. The Labute approximate surface area is 701 Å². The number of carbonyl (C=O) groups excluding carboxylic acids is 6. The topological polar surface area (TPSA) is 327 Å². The van der Waals surface area contributed by atoms with Crippen LogP contribution in [0.5, 0.6) is 23.0 Å². The maximum Gasteiger partial charge on any atom is 0.332 e. The minimum Gasteiger partial charge on any atom is -0.496 e. The SMILES string of the molecule is COc1ccc(N2C(=O)Nc3c(C(=O)Nc4ccc(CN5CCCCC5)cc4)sc4ncnc2c34)cc1Br.COc1ccc(N2C(=O)Nc3c(C(=O)Nc4ccc(CN5CCOCC5)c(OC)c4)sc4ncnc2c34)cc1Br.COc1ccc(N2C(=O)Nc3c(C(=O)Nc4ccc(CN5CCOCC5)cc4)sc4ncnc2c34)cc1Br. The largest absolute Gasteiger partial charge is 0.496 e. The van der Waals surface area contributed by atoms with Crippen molar-refractivity contribution in [2.24, 2.45) is 0 Å². The average Bonchev–Trinajstić information content (AvgIpc) is 1.55. The Balaban J connectivity index is 0.000000131. The van der Waals surface area contributed by atoms with E-state index in [1.165, 1.54) is 98.1 Å². The highest BCUT2D eigenvalue weighted by Gasteiger charge is 2.38. The molecule has 116 heavy (non-hydrogen) atoms. The Morgan fingerprint density at radius 1 is 0.405 bits per heavy atom. The molecule has 6 N–H and O–H groups in total. The average molecular weight is 1810 g/mol. The van der Waals surface area contributed by atoms with Gasteiger partial charge in [-0.1, -0.05) is 36.8 Å². The summed E-state index contributed by atoms with van der Waals surface area (Å²) >= 11 is 14.1. The summed E-state index contributed by atoms with van der Waals surface area (Å²) in [5.74, 6) is 2.83. The molecular formula is C80H73Br3N18O12S3. The van der Waals surface area contributed by atoms with E-state index in [4.69, 9.17) is 28.4 Å². The molecule has 6 aliphatic heterocycles. The zero-order valence-corrected chi connectivity index (χ0v) is 69.9. The number of carbonyl (C=O) groups is 6. The van der Waals surface area contributed by atoms with E-state index in [0.29, 0.717) is 164 Å². The van der Waals surface area contributed by atoms with Gasteiger partial charge in [0, 0.05) is 74.5 Å². The number of halogens is 3. The van der Waals surface area contributed by atoms with Gasteiger partial charge in [0.2, 0.25) is 0 Å². The number of methoxy groups -OCH3 is 4. The number of nitrogens with zero attached hydrogens (tertiary/aromatic N) is 12. The first-order chi connectivity index (χ1) is 56.5. The number of anilines is 12. The third-order valence-corrected chi connectivity index (χ3v) is 25.1. The lowest BCUT2D eigenvalue weighted by molar-refractivity contribution is 0.0338. The fourth-order valence-corrected chi connectivity index (χ4v) is 18.8. The molecule has 3 saturated heterocycles. The molecule has 3 fully saturated rings. The van der Waals surface area contributed by atoms with Crippen LogP contribution >= 0.6 is 81.8 Å². The van der Waals surface area contributed by atoms with Gasteiger partial charge in [0.05, 0.1) is 119 Å². The summed E-state index contributed by atoms with van der Waals surface area (Å²) in [6.07, 6.45) is 8.02.